The Morgan fingerprint density at radius 2 is 1.25 bits per heavy atom. The van der Waals surface area contributed by atoms with Crippen molar-refractivity contribution in [3.63, 3.8) is 0 Å². The van der Waals surface area contributed by atoms with E-state index < -0.39 is 0 Å². The van der Waals surface area contributed by atoms with Gasteiger partial charge < -0.3 is 0 Å². The molecule has 0 N–H and O–H groups in total. The summed E-state index contributed by atoms with van der Waals surface area (Å²) in [6.07, 6.45) is 3.03. The molecule has 0 aliphatic carbocycles. The first-order valence-corrected chi connectivity index (χ1v) is 5.34. The minimum absolute atomic E-state index is 0.936. The minimum Gasteiger partial charge on any atom is -0.246 e. The predicted molar refractivity (Wildman–Crippen MR) is 68.6 cm³/mol. The first-order chi connectivity index (χ1) is 7.74. The molecule has 1 radical (unpaired) electrons. The van der Waals surface area contributed by atoms with Crippen molar-refractivity contribution in [2.24, 2.45) is 4.99 Å². The molecule has 2 rings (SSSR count). The Hall–Kier alpha value is -1.89. The van der Waals surface area contributed by atoms with Crippen LogP contribution in [0, 0.1) is 13.8 Å². The maximum absolute atomic E-state index is 4.30. The van der Waals surface area contributed by atoms with Gasteiger partial charge in [0.1, 0.15) is 0 Å². The van der Waals surface area contributed by atoms with Crippen molar-refractivity contribution < 1.29 is 0 Å². The molecule has 1 heteroatoms. The van der Waals surface area contributed by atoms with Gasteiger partial charge in [-0.05, 0) is 26.0 Å². The third-order valence-corrected chi connectivity index (χ3v) is 2.40. The fourth-order valence-electron chi connectivity index (χ4n) is 1.38. The third-order valence-electron chi connectivity index (χ3n) is 2.40. The summed E-state index contributed by atoms with van der Waals surface area (Å²) in [6, 6.07) is 16.3. The molecule has 0 aliphatic heterocycles. The molecule has 1 nitrogen and oxygen atoms in total. The van der Waals surface area contributed by atoms with E-state index in [-0.39, 0.29) is 0 Å². The van der Waals surface area contributed by atoms with Crippen LogP contribution in [0.4, 0.5) is 5.69 Å². The summed E-state index contributed by atoms with van der Waals surface area (Å²) < 4.78 is 0. The van der Waals surface area contributed by atoms with E-state index in [9.17, 15) is 0 Å². The molecule has 0 saturated carbocycles. The van der Waals surface area contributed by atoms with Crippen LogP contribution in [0.3, 0.4) is 0 Å². The van der Waals surface area contributed by atoms with Crippen LogP contribution in [0.25, 0.3) is 0 Å². The van der Waals surface area contributed by atoms with Gasteiger partial charge in [0, 0.05) is 5.56 Å². The number of benzene rings is 2. The van der Waals surface area contributed by atoms with Crippen LogP contribution >= 0.6 is 0 Å². The second kappa shape index (κ2) is 4.75. The molecule has 0 bridgehead atoms. The van der Waals surface area contributed by atoms with Crippen molar-refractivity contribution >= 4 is 11.9 Å². The average molecular weight is 208 g/mol. The summed E-state index contributed by atoms with van der Waals surface area (Å²) in [6.45, 7) is 4.14. The lowest BCUT2D eigenvalue weighted by Gasteiger charge is -1.95. The maximum atomic E-state index is 4.30. The van der Waals surface area contributed by atoms with E-state index >= 15 is 0 Å². The third kappa shape index (κ3) is 2.80. The highest BCUT2D eigenvalue weighted by Gasteiger charge is 1.90. The van der Waals surface area contributed by atoms with Gasteiger partial charge in [0.25, 0.3) is 0 Å². The van der Waals surface area contributed by atoms with E-state index in [1.165, 1.54) is 11.1 Å². The van der Waals surface area contributed by atoms with Gasteiger partial charge in [-0.15, -0.1) is 0 Å². The molecule has 0 saturated heterocycles. The van der Waals surface area contributed by atoms with Crippen molar-refractivity contribution in [2.75, 3.05) is 0 Å². The van der Waals surface area contributed by atoms with Gasteiger partial charge in [0.05, 0.1) is 11.9 Å². The number of hydrogen-bond acceptors (Lipinski definition) is 1. The number of nitrogens with zero attached hydrogens (tertiary/aromatic N) is 1. The van der Waals surface area contributed by atoms with E-state index in [1.54, 1.807) is 0 Å². The zero-order valence-electron chi connectivity index (χ0n) is 9.57. The first kappa shape index (κ1) is 10.6. The Bertz CT molecular complexity index is 430. The SMILES string of the molecule is Cc1ccc([C]=Nc2ccc(C)cc2)cc1. The summed E-state index contributed by atoms with van der Waals surface area (Å²) >= 11 is 0. The normalized spacial score (nSPS) is 10.9. The van der Waals surface area contributed by atoms with Gasteiger partial charge in [-0.1, -0.05) is 47.5 Å². The van der Waals surface area contributed by atoms with Crippen LogP contribution in [0.15, 0.2) is 53.5 Å². The van der Waals surface area contributed by atoms with E-state index in [1.807, 2.05) is 24.3 Å². The lowest BCUT2D eigenvalue weighted by Crippen LogP contribution is -1.80. The predicted octanol–water partition coefficient (Wildman–Crippen LogP) is 3.93. The Balaban J connectivity index is 2.15. The van der Waals surface area contributed by atoms with Crippen molar-refractivity contribution in [1.29, 1.82) is 0 Å². The molecule has 2 aromatic rings. The van der Waals surface area contributed by atoms with Crippen molar-refractivity contribution in [3.8, 4) is 0 Å². The van der Waals surface area contributed by atoms with Crippen molar-refractivity contribution in [3.05, 3.63) is 65.2 Å². The second-order valence-electron chi connectivity index (χ2n) is 3.93. The van der Waals surface area contributed by atoms with Crippen molar-refractivity contribution in [1.82, 2.24) is 0 Å². The molecule has 79 valence electrons. The Labute approximate surface area is 96.5 Å². The zero-order valence-corrected chi connectivity index (χ0v) is 9.57. The summed E-state index contributed by atoms with van der Waals surface area (Å²) in [5.41, 5.74) is 4.44. The Morgan fingerprint density at radius 1 is 0.750 bits per heavy atom. The zero-order chi connectivity index (χ0) is 11.4. The van der Waals surface area contributed by atoms with Crippen LogP contribution < -0.4 is 0 Å². The molecular formula is C15H14N. The molecule has 2 aromatic carbocycles. The van der Waals surface area contributed by atoms with Gasteiger partial charge in [0.15, 0.2) is 0 Å². The molecule has 0 unspecified atom stereocenters. The van der Waals surface area contributed by atoms with E-state index in [0.29, 0.717) is 0 Å². The molecule has 0 atom stereocenters. The summed E-state index contributed by atoms with van der Waals surface area (Å²) in [5, 5.41) is 0. The highest BCUT2D eigenvalue weighted by atomic mass is 14.7. The molecule has 16 heavy (non-hydrogen) atoms. The van der Waals surface area contributed by atoms with Crippen LogP contribution in [-0.2, 0) is 0 Å². The van der Waals surface area contributed by atoms with Crippen LogP contribution in [0.1, 0.15) is 16.7 Å². The topological polar surface area (TPSA) is 12.4 Å². The number of rotatable bonds is 2. The summed E-state index contributed by atoms with van der Waals surface area (Å²) in [4.78, 5) is 4.30. The molecule has 0 fully saturated rings. The van der Waals surface area contributed by atoms with Gasteiger partial charge in [-0.2, -0.15) is 0 Å². The van der Waals surface area contributed by atoms with Crippen LogP contribution in [-0.4, -0.2) is 6.21 Å². The molecule has 0 aliphatic rings. The number of hydrogen-bond donors (Lipinski definition) is 0. The van der Waals surface area contributed by atoms with Crippen LogP contribution in [0.2, 0.25) is 0 Å². The Morgan fingerprint density at radius 3 is 1.81 bits per heavy atom. The standard InChI is InChI=1S/C15H14N/c1-12-3-7-14(8-4-12)11-16-15-9-5-13(2)6-10-15/h3-10H,1-2H3. The molecule has 0 aromatic heterocycles. The summed E-state index contributed by atoms with van der Waals surface area (Å²) in [5.74, 6) is 0. The number of aryl methyl sites for hydroxylation is 2. The number of aliphatic imine (C=N–C) groups is 1. The first-order valence-electron chi connectivity index (χ1n) is 5.34. The summed E-state index contributed by atoms with van der Waals surface area (Å²) in [7, 11) is 0. The monoisotopic (exact) mass is 208 g/mol. The van der Waals surface area contributed by atoms with Gasteiger partial charge in [-0.25, -0.2) is 4.99 Å². The maximum Gasteiger partial charge on any atom is 0.0972 e. The Kier molecular flexibility index (Phi) is 3.16. The smallest absolute Gasteiger partial charge is 0.0972 e. The lowest BCUT2D eigenvalue weighted by atomic mass is 10.2. The largest absolute Gasteiger partial charge is 0.246 e. The fraction of sp³-hybridized carbons (Fsp3) is 0.133. The van der Waals surface area contributed by atoms with Gasteiger partial charge >= 0.3 is 0 Å². The van der Waals surface area contributed by atoms with E-state index in [2.05, 4.69) is 49.3 Å². The minimum atomic E-state index is 0.936. The molecule has 0 spiro atoms. The lowest BCUT2D eigenvalue weighted by molar-refractivity contribution is 1.43. The average Bonchev–Trinajstić information content (AvgIpc) is 2.30. The quantitative estimate of drug-likeness (QED) is 0.663. The molecule has 0 amide bonds. The van der Waals surface area contributed by atoms with Gasteiger partial charge in [-0.3, -0.25) is 0 Å². The highest BCUT2D eigenvalue weighted by Crippen LogP contribution is 2.12. The fourth-order valence-corrected chi connectivity index (χ4v) is 1.38. The van der Waals surface area contributed by atoms with Crippen molar-refractivity contribution in [2.45, 2.75) is 13.8 Å². The van der Waals surface area contributed by atoms with E-state index in [4.69, 9.17) is 0 Å². The van der Waals surface area contributed by atoms with Crippen LogP contribution in [0.5, 0.6) is 0 Å². The molecule has 0 heterocycles. The van der Waals surface area contributed by atoms with Gasteiger partial charge in [0.2, 0.25) is 0 Å². The second-order valence-corrected chi connectivity index (χ2v) is 3.93. The van der Waals surface area contributed by atoms with E-state index in [0.717, 1.165) is 11.3 Å². The molecular weight excluding hydrogens is 194 g/mol. The highest BCUT2D eigenvalue weighted by molar-refractivity contribution is 5.81.